The number of likely N-dealkylation sites (N-methyl/N-ethyl adjacent to an activating group) is 2. The van der Waals surface area contributed by atoms with Crippen LogP contribution in [-0.2, 0) is 38.7 Å². The molecule has 19 nitrogen and oxygen atoms in total. The third kappa shape index (κ3) is 16.9. The Balaban J connectivity index is 0.000000302. The van der Waals surface area contributed by atoms with E-state index < -0.39 is 127 Å². The molecule has 2 N–H and O–H groups in total. The number of halogens is 4. The van der Waals surface area contributed by atoms with E-state index >= 15 is 0 Å². The SMILES string of the molecule is C[C@@H](C(=O)N[C@H](C(=O)N1CC[C@@H]2[C@H]1[C@@H](COc1ccc(F)c(F)c1)CN2S(C)(=O)=O)C(C)(C)C)N(C)C(=O)OC(C)(C)C.C[C@@H](C(=O)N[C@H](C(=O)N1CC[C@H]2CC[C@H](COc3ccc(F)c(F)c3)[C@H]21)C(C)(C)C)N(C)C(=O)OC(C)(C)C. The quantitative estimate of drug-likeness (QED) is 0.164. The summed E-state index contributed by atoms with van der Waals surface area (Å²) in [6, 6.07) is 1.80. The van der Waals surface area contributed by atoms with E-state index in [2.05, 4.69) is 10.6 Å². The highest BCUT2D eigenvalue weighted by atomic mass is 32.2. The van der Waals surface area contributed by atoms with Gasteiger partial charge in [-0.05, 0) is 122 Å². The highest BCUT2D eigenvalue weighted by Crippen LogP contribution is 2.44. The van der Waals surface area contributed by atoms with Gasteiger partial charge in [-0.3, -0.25) is 29.0 Å². The molecule has 0 bridgehead atoms. The molecule has 10 atom stereocenters. The molecular weight excluding hydrogens is 1090 g/mol. The number of hydrogen-bond donors (Lipinski definition) is 2. The Morgan fingerprint density at radius 2 is 1.00 bits per heavy atom. The van der Waals surface area contributed by atoms with Crippen LogP contribution in [0.3, 0.4) is 0 Å². The summed E-state index contributed by atoms with van der Waals surface area (Å²) in [6.45, 7) is 25.7. The normalized spacial score (nSPS) is 22.5. The number of rotatable bonds is 15. The predicted octanol–water partition coefficient (Wildman–Crippen LogP) is 7.75. The summed E-state index contributed by atoms with van der Waals surface area (Å²) in [7, 11) is -0.701. The third-order valence-corrected chi connectivity index (χ3v) is 16.7. The summed E-state index contributed by atoms with van der Waals surface area (Å²) < 4.78 is 103. The Labute approximate surface area is 481 Å². The van der Waals surface area contributed by atoms with Gasteiger partial charge in [0, 0.05) is 69.8 Å². The zero-order valence-electron chi connectivity index (χ0n) is 50.7. The number of nitrogens with zero attached hydrogens (tertiary/aromatic N) is 5. The van der Waals surface area contributed by atoms with E-state index in [1.54, 1.807) is 74.1 Å². The first-order valence-corrected chi connectivity index (χ1v) is 29.7. The monoisotopic (exact) mass is 1180 g/mol. The van der Waals surface area contributed by atoms with Gasteiger partial charge in [0.05, 0.1) is 25.5 Å². The molecule has 0 spiro atoms. The second-order valence-corrected chi connectivity index (χ2v) is 28.2. The first-order valence-electron chi connectivity index (χ1n) is 27.9. The second-order valence-electron chi connectivity index (χ2n) is 26.3. The number of carbonyl (C=O) groups is 6. The summed E-state index contributed by atoms with van der Waals surface area (Å²) >= 11 is 0. The fourth-order valence-electron chi connectivity index (χ4n) is 10.8. The number of ether oxygens (including phenoxy) is 4. The van der Waals surface area contributed by atoms with Crippen LogP contribution in [0.4, 0.5) is 27.2 Å². The highest BCUT2D eigenvalue weighted by Gasteiger charge is 2.55. The molecule has 24 heteroatoms. The van der Waals surface area contributed by atoms with E-state index in [1.165, 1.54) is 42.4 Å². The van der Waals surface area contributed by atoms with Gasteiger partial charge in [-0.2, -0.15) is 4.31 Å². The van der Waals surface area contributed by atoms with Crippen LogP contribution in [0.1, 0.15) is 123 Å². The smallest absolute Gasteiger partial charge is 0.410 e. The first kappa shape index (κ1) is 66.9. The molecule has 4 fully saturated rings. The molecule has 2 aromatic carbocycles. The van der Waals surface area contributed by atoms with Crippen LogP contribution in [0, 0.1) is 51.9 Å². The van der Waals surface area contributed by atoms with Gasteiger partial charge in [-0.15, -0.1) is 0 Å². The van der Waals surface area contributed by atoms with Crippen molar-refractivity contribution in [3.8, 4) is 11.5 Å². The van der Waals surface area contributed by atoms with Gasteiger partial charge >= 0.3 is 12.2 Å². The first-order chi connectivity index (χ1) is 37.6. The zero-order chi connectivity index (χ0) is 61.9. The van der Waals surface area contributed by atoms with Crippen LogP contribution in [0.5, 0.6) is 11.5 Å². The van der Waals surface area contributed by atoms with Crippen LogP contribution >= 0.6 is 0 Å². The van der Waals surface area contributed by atoms with Gasteiger partial charge < -0.3 is 39.4 Å². The van der Waals surface area contributed by atoms with Gasteiger partial charge in [0.1, 0.15) is 46.9 Å². The van der Waals surface area contributed by atoms with E-state index in [1.807, 2.05) is 25.7 Å². The molecule has 460 valence electrons. The Kier molecular flexibility index (Phi) is 21.1. The lowest BCUT2D eigenvalue weighted by molar-refractivity contribution is -0.142. The molecule has 6 amide bonds. The van der Waals surface area contributed by atoms with Crippen molar-refractivity contribution in [3.05, 3.63) is 59.7 Å². The number of amides is 6. The molecule has 0 radical (unpaired) electrons. The van der Waals surface area contributed by atoms with E-state index in [-0.39, 0.29) is 55.7 Å². The minimum absolute atomic E-state index is 0.0307. The number of sulfonamides is 1. The van der Waals surface area contributed by atoms with Gasteiger partial charge in [0.15, 0.2) is 23.3 Å². The average molecular weight is 1180 g/mol. The lowest BCUT2D eigenvalue weighted by Gasteiger charge is -2.38. The van der Waals surface area contributed by atoms with Crippen molar-refractivity contribution >= 4 is 45.8 Å². The zero-order valence-corrected chi connectivity index (χ0v) is 51.5. The Hall–Kier alpha value is -5.91. The molecule has 1 aliphatic carbocycles. The van der Waals surface area contributed by atoms with Crippen molar-refractivity contribution in [2.75, 3.05) is 53.2 Å². The van der Waals surface area contributed by atoms with Crippen LogP contribution in [-0.4, -0.2) is 175 Å². The summed E-state index contributed by atoms with van der Waals surface area (Å²) in [5.74, 6) is -5.37. The van der Waals surface area contributed by atoms with Gasteiger partial charge in [0.25, 0.3) is 0 Å². The van der Waals surface area contributed by atoms with Crippen LogP contribution < -0.4 is 20.1 Å². The Bertz CT molecular complexity index is 2760. The van der Waals surface area contributed by atoms with E-state index in [0.29, 0.717) is 18.9 Å². The number of benzene rings is 2. The topological polar surface area (TPSA) is 214 Å². The maximum Gasteiger partial charge on any atom is 0.410 e. The fourth-order valence-corrected chi connectivity index (χ4v) is 12.0. The lowest BCUT2D eigenvalue weighted by Crippen LogP contribution is -2.60. The molecule has 4 aliphatic rings. The molecule has 0 unspecified atom stereocenters. The summed E-state index contributed by atoms with van der Waals surface area (Å²) in [4.78, 5) is 85.5. The van der Waals surface area contributed by atoms with Crippen molar-refractivity contribution in [2.24, 2.45) is 28.6 Å². The second kappa shape index (κ2) is 25.9. The van der Waals surface area contributed by atoms with Crippen LogP contribution in [0.25, 0.3) is 0 Å². The number of fused-ring (bicyclic) bond motifs is 2. The van der Waals surface area contributed by atoms with E-state index in [0.717, 1.165) is 54.7 Å². The molecule has 3 heterocycles. The molecule has 1 saturated carbocycles. The maximum absolute atomic E-state index is 14.1. The van der Waals surface area contributed by atoms with E-state index in [9.17, 15) is 54.7 Å². The van der Waals surface area contributed by atoms with Gasteiger partial charge in [-0.1, -0.05) is 41.5 Å². The Morgan fingerprint density at radius 3 is 1.39 bits per heavy atom. The molecule has 2 aromatic rings. The lowest BCUT2D eigenvalue weighted by atomic mass is 9.85. The minimum Gasteiger partial charge on any atom is -0.493 e. The number of carbonyl (C=O) groups excluding carboxylic acids is 6. The molecule has 6 rings (SSSR count). The third-order valence-electron chi connectivity index (χ3n) is 15.4. The number of nitrogens with one attached hydrogen (secondary N) is 2. The maximum atomic E-state index is 14.1. The van der Waals surface area contributed by atoms with Crippen molar-refractivity contribution in [2.45, 2.75) is 176 Å². The largest absolute Gasteiger partial charge is 0.493 e. The molecule has 0 aromatic heterocycles. The molecular formula is C58H87F4N7O12S. The Morgan fingerprint density at radius 1 is 0.598 bits per heavy atom. The van der Waals surface area contributed by atoms with Crippen molar-refractivity contribution < 1.29 is 73.7 Å². The van der Waals surface area contributed by atoms with Gasteiger partial charge in [0.2, 0.25) is 33.7 Å². The minimum atomic E-state index is -3.63. The number of likely N-dealkylation sites (tertiary alicyclic amines) is 2. The predicted molar refractivity (Wildman–Crippen MR) is 299 cm³/mol. The summed E-state index contributed by atoms with van der Waals surface area (Å²) in [5, 5.41) is 5.73. The number of hydrogen-bond acceptors (Lipinski definition) is 12. The molecule has 3 saturated heterocycles. The summed E-state index contributed by atoms with van der Waals surface area (Å²) in [5.41, 5.74) is -2.80. The van der Waals surface area contributed by atoms with Crippen molar-refractivity contribution in [3.63, 3.8) is 0 Å². The van der Waals surface area contributed by atoms with Crippen molar-refractivity contribution in [1.29, 1.82) is 0 Å². The molecule has 82 heavy (non-hydrogen) atoms. The van der Waals surface area contributed by atoms with E-state index in [4.69, 9.17) is 18.9 Å². The highest BCUT2D eigenvalue weighted by molar-refractivity contribution is 7.88. The standard InChI is InChI=1S/C29H44F2N4O7S.C29H43F2N3O5/c1-17(33(8)27(38)42-29(5,6)7)25(36)32-24(28(2,3)4)26(37)34-13-12-22-23(34)18(15-35(22)43(9,39)40)16-41-19-10-11-20(30)21(31)14-19;1-17(33(8)27(37)39-29(5,6)7)25(35)32-24(28(2,3)4)26(36)34-14-13-18-9-10-19(23(18)34)16-38-20-11-12-21(30)22(31)15-20/h10-11,14,17-18,22-24H,12-13,15-16H2,1-9H3,(H,32,36);11-12,15,17-19,23-24H,9-10,13-14,16H2,1-8H3,(H,32,35)/t17-,18+,22+,23+,24+;17-,18+,19+,23-,24+/m00/s1. The van der Waals surface area contributed by atoms with Gasteiger partial charge in [-0.25, -0.2) is 35.6 Å². The summed E-state index contributed by atoms with van der Waals surface area (Å²) in [6.07, 6.45) is 2.84. The molecule has 3 aliphatic heterocycles. The average Bonchev–Trinajstić information content (AvgIpc) is 4.38. The van der Waals surface area contributed by atoms with Crippen LogP contribution in [0.15, 0.2) is 36.4 Å². The van der Waals surface area contributed by atoms with Crippen molar-refractivity contribution in [1.82, 2.24) is 34.5 Å². The van der Waals surface area contributed by atoms with Crippen LogP contribution in [0.2, 0.25) is 0 Å². The fraction of sp³-hybridized carbons (Fsp3) is 0.690.